The fourth-order valence-corrected chi connectivity index (χ4v) is 4.72. The van der Waals surface area contributed by atoms with Gasteiger partial charge >= 0.3 is 0 Å². The van der Waals surface area contributed by atoms with Gasteiger partial charge in [0.1, 0.15) is 5.82 Å². The van der Waals surface area contributed by atoms with E-state index in [2.05, 4.69) is 20.9 Å². The van der Waals surface area contributed by atoms with Crippen molar-refractivity contribution in [2.24, 2.45) is 4.99 Å². The number of rotatable bonds is 8. The Morgan fingerprint density at radius 3 is 2.55 bits per heavy atom. The molecule has 3 atom stereocenters. The largest absolute Gasteiger partial charge is 0.355 e. The number of benzene rings is 1. The average Bonchev–Trinajstić information content (AvgIpc) is 2.71. The first-order valence-electron chi connectivity index (χ1n) is 9.87. The summed E-state index contributed by atoms with van der Waals surface area (Å²) in [6.07, 6.45) is 4.28. The normalized spacial score (nSPS) is 20.3. The van der Waals surface area contributed by atoms with Crippen molar-refractivity contribution < 1.29 is 13.4 Å². The minimum Gasteiger partial charge on any atom is -0.355 e. The third-order valence-corrected chi connectivity index (χ3v) is 6.61. The maximum Gasteiger partial charge on any atom is 0.224 e. The molecule has 1 aromatic rings. The quantitative estimate of drug-likeness (QED) is 0.206. The van der Waals surface area contributed by atoms with E-state index < -0.39 is 10.8 Å². The van der Waals surface area contributed by atoms with E-state index in [1.165, 1.54) is 12.1 Å². The lowest BCUT2D eigenvalue weighted by Crippen LogP contribution is -2.48. The summed E-state index contributed by atoms with van der Waals surface area (Å²) in [5, 5.41) is 9.71. The highest BCUT2D eigenvalue weighted by Crippen LogP contribution is 2.22. The zero-order valence-corrected chi connectivity index (χ0v) is 20.2. The molecule has 6 nitrogen and oxygen atoms in total. The molecule has 0 spiro atoms. The lowest BCUT2D eigenvalue weighted by molar-refractivity contribution is -0.120. The summed E-state index contributed by atoms with van der Waals surface area (Å²) in [4.78, 5) is 16.2. The van der Waals surface area contributed by atoms with E-state index >= 15 is 0 Å². The van der Waals surface area contributed by atoms with E-state index in [1.807, 2.05) is 6.92 Å². The number of carbonyl (C=O) groups excluding carboxylic acids is 1. The van der Waals surface area contributed by atoms with Gasteiger partial charge in [-0.3, -0.25) is 14.0 Å². The summed E-state index contributed by atoms with van der Waals surface area (Å²) in [7, 11) is 0.965. The van der Waals surface area contributed by atoms with Crippen LogP contribution in [0.2, 0.25) is 0 Å². The molecule has 0 radical (unpaired) electrons. The Kier molecular flexibility index (Phi) is 12.4. The molecule has 1 aliphatic carbocycles. The molecule has 2 rings (SSSR count). The van der Waals surface area contributed by atoms with Gasteiger partial charge in [-0.2, -0.15) is 0 Å². The van der Waals surface area contributed by atoms with Crippen LogP contribution in [0.5, 0.6) is 0 Å². The maximum absolute atomic E-state index is 12.9. The molecule has 1 fully saturated rings. The minimum absolute atomic E-state index is 0. The number of hydrogen-bond donors (Lipinski definition) is 3. The third kappa shape index (κ3) is 9.41. The number of amides is 1. The molecule has 3 unspecified atom stereocenters. The molecular weight excluding hydrogens is 506 g/mol. The van der Waals surface area contributed by atoms with E-state index in [0.29, 0.717) is 24.8 Å². The first kappa shape index (κ1) is 25.8. The van der Waals surface area contributed by atoms with Gasteiger partial charge in [0.15, 0.2) is 5.96 Å². The Morgan fingerprint density at radius 2 is 1.90 bits per heavy atom. The van der Waals surface area contributed by atoms with Gasteiger partial charge in [0, 0.05) is 48.0 Å². The Bertz CT molecular complexity index is 688. The van der Waals surface area contributed by atoms with Crippen molar-refractivity contribution in [3.05, 3.63) is 35.6 Å². The molecular formula is C20H32FIN4O2S. The Morgan fingerprint density at radius 1 is 1.21 bits per heavy atom. The number of hydrogen-bond acceptors (Lipinski definition) is 3. The molecule has 1 saturated carbocycles. The number of carbonyl (C=O) groups is 1. The van der Waals surface area contributed by atoms with Crippen LogP contribution in [0.4, 0.5) is 4.39 Å². The number of nitrogens with zero attached hydrogens (tertiary/aromatic N) is 1. The van der Waals surface area contributed by atoms with Gasteiger partial charge < -0.3 is 16.0 Å². The zero-order chi connectivity index (χ0) is 20.4. The maximum atomic E-state index is 12.9. The molecule has 1 aromatic carbocycles. The van der Waals surface area contributed by atoms with Crippen molar-refractivity contribution in [2.45, 2.75) is 50.3 Å². The van der Waals surface area contributed by atoms with E-state index in [0.717, 1.165) is 31.2 Å². The highest BCUT2D eigenvalue weighted by molar-refractivity contribution is 14.0. The van der Waals surface area contributed by atoms with Gasteiger partial charge in [-0.1, -0.05) is 25.5 Å². The topological polar surface area (TPSA) is 82.6 Å². The monoisotopic (exact) mass is 538 g/mol. The fourth-order valence-electron chi connectivity index (χ4n) is 3.37. The molecule has 0 aliphatic heterocycles. The molecule has 0 bridgehead atoms. The SMILES string of the molecule is CCS(=O)C1CCCC(NC(=NC)NCCNC(=O)Cc2ccc(F)cc2)C1.I. The predicted molar refractivity (Wildman–Crippen MR) is 128 cm³/mol. The van der Waals surface area contributed by atoms with E-state index in [9.17, 15) is 13.4 Å². The molecule has 9 heteroatoms. The summed E-state index contributed by atoms with van der Waals surface area (Å²) in [6, 6.07) is 6.20. The zero-order valence-electron chi connectivity index (χ0n) is 17.1. The molecule has 1 amide bonds. The standard InChI is InChI=1S/C20H31FN4O2S.HI/c1-3-28(27)18-6-4-5-17(14-18)25-20(22-2)24-12-11-23-19(26)13-15-7-9-16(21)10-8-15;/h7-10,17-18H,3-6,11-14H2,1-2H3,(H,23,26)(H2,22,24,25);1H. The van der Waals surface area contributed by atoms with Gasteiger partial charge in [-0.05, 0) is 37.0 Å². The molecule has 0 saturated heterocycles. The Labute approximate surface area is 192 Å². The van der Waals surface area contributed by atoms with E-state index in [1.54, 1.807) is 19.2 Å². The number of nitrogens with one attached hydrogen (secondary N) is 3. The van der Waals surface area contributed by atoms with Crippen molar-refractivity contribution in [2.75, 3.05) is 25.9 Å². The molecule has 164 valence electrons. The molecule has 0 aromatic heterocycles. The summed E-state index contributed by atoms with van der Waals surface area (Å²) in [6.45, 7) is 2.98. The number of halogens is 2. The van der Waals surface area contributed by atoms with Crippen molar-refractivity contribution >= 4 is 46.6 Å². The second-order valence-electron chi connectivity index (χ2n) is 6.95. The predicted octanol–water partition coefficient (Wildman–Crippen LogP) is 2.35. The smallest absolute Gasteiger partial charge is 0.224 e. The molecule has 3 N–H and O–H groups in total. The van der Waals surface area contributed by atoms with Crippen LogP contribution in [0, 0.1) is 5.82 Å². The van der Waals surface area contributed by atoms with E-state index in [-0.39, 0.29) is 53.4 Å². The van der Waals surface area contributed by atoms with Gasteiger partial charge in [-0.25, -0.2) is 4.39 Å². The van der Waals surface area contributed by atoms with Crippen molar-refractivity contribution in [1.82, 2.24) is 16.0 Å². The van der Waals surface area contributed by atoms with Crippen molar-refractivity contribution in [3.8, 4) is 0 Å². The summed E-state index contributed by atoms with van der Waals surface area (Å²) in [5.41, 5.74) is 0.778. The van der Waals surface area contributed by atoms with Gasteiger partial charge in [0.05, 0.1) is 6.42 Å². The van der Waals surface area contributed by atoms with Gasteiger partial charge in [0.2, 0.25) is 5.91 Å². The molecule has 29 heavy (non-hydrogen) atoms. The van der Waals surface area contributed by atoms with Crippen LogP contribution in [0.25, 0.3) is 0 Å². The van der Waals surface area contributed by atoms with Crippen LogP contribution in [0.1, 0.15) is 38.2 Å². The molecule has 0 heterocycles. The lowest BCUT2D eigenvalue weighted by atomic mass is 9.95. The van der Waals surface area contributed by atoms with Gasteiger partial charge in [-0.15, -0.1) is 24.0 Å². The van der Waals surface area contributed by atoms with Gasteiger partial charge in [0.25, 0.3) is 0 Å². The second kappa shape index (κ2) is 13.9. The Hall–Kier alpha value is -1.23. The lowest BCUT2D eigenvalue weighted by Gasteiger charge is -2.30. The second-order valence-corrected chi connectivity index (χ2v) is 8.96. The fraction of sp³-hybridized carbons (Fsp3) is 0.600. The average molecular weight is 538 g/mol. The number of aliphatic imine (C=N–C) groups is 1. The Balaban J connectivity index is 0.00000420. The van der Waals surface area contributed by atoms with Crippen LogP contribution >= 0.6 is 24.0 Å². The van der Waals surface area contributed by atoms with Crippen LogP contribution in [0.3, 0.4) is 0 Å². The van der Waals surface area contributed by atoms with Crippen LogP contribution < -0.4 is 16.0 Å². The minimum atomic E-state index is -0.750. The first-order chi connectivity index (χ1) is 13.5. The highest BCUT2D eigenvalue weighted by atomic mass is 127. The first-order valence-corrected chi connectivity index (χ1v) is 11.3. The van der Waals surface area contributed by atoms with E-state index in [4.69, 9.17) is 0 Å². The van der Waals surface area contributed by atoms with Crippen LogP contribution in [-0.4, -0.2) is 53.3 Å². The third-order valence-electron chi connectivity index (χ3n) is 4.86. The summed E-state index contributed by atoms with van der Waals surface area (Å²) < 4.78 is 25.0. The summed E-state index contributed by atoms with van der Waals surface area (Å²) >= 11 is 0. The summed E-state index contributed by atoms with van der Waals surface area (Å²) in [5.74, 6) is 0.994. The van der Waals surface area contributed by atoms with Crippen LogP contribution in [0.15, 0.2) is 29.3 Å². The van der Waals surface area contributed by atoms with Crippen molar-refractivity contribution in [1.29, 1.82) is 0 Å². The number of guanidine groups is 1. The highest BCUT2D eigenvalue weighted by Gasteiger charge is 2.25. The van der Waals surface area contributed by atoms with Crippen molar-refractivity contribution in [3.63, 3.8) is 0 Å². The molecule has 1 aliphatic rings. The van der Waals surface area contributed by atoms with Crippen LogP contribution in [-0.2, 0) is 22.0 Å².